The Bertz CT molecular complexity index is 248. The Morgan fingerprint density at radius 3 is 2.31 bits per heavy atom. The van der Waals surface area contributed by atoms with Crippen molar-refractivity contribution < 1.29 is 9.59 Å². The number of hydrogen-bond acceptors (Lipinski definition) is 2. The smallest absolute Gasteiger partial charge is 0.221 e. The third-order valence-corrected chi connectivity index (χ3v) is 2.99. The first-order valence-corrected chi connectivity index (χ1v) is 4.42. The lowest BCUT2D eigenvalue weighted by Crippen LogP contribution is -2.61. The first kappa shape index (κ1) is 10.0. The summed E-state index contributed by atoms with van der Waals surface area (Å²) in [5, 5.41) is 2.81. The quantitative estimate of drug-likeness (QED) is 0.635. The van der Waals surface area contributed by atoms with Gasteiger partial charge in [0, 0.05) is 18.9 Å². The van der Waals surface area contributed by atoms with Gasteiger partial charge in [-0.05, 0) is 11.8 Å². The number of primary amides is 1. The molecular formula is C9H16N2O2. The van der Waals surface area contributed by atoms with Gasteiger partial charge in [0.05, 0.1) is 0 Å². The van der Waals surface area contributed by atoms with E-state index >= 15 is 0 Å². The Kier molecular flexibility index (Phi) is 2.32. The summed E-state index contributed by atoms with van der Waals surface area (Å²) in [6, 6.07) is 0.0856. The molecule has 0 spiro atoms. The molecule has 3 N–H and O–H groups in total. The monoisotopic (exact) mass is 184 g/mol. The SMILES string of the molecule is CC(=O)NC1CC(C(N)=O)C1(C)C. The largest absolute Gasteiger partial charge is 0.369 e. The highest BCUT2D eigenvalue weighted by atomic mass is 16.2. The van der Waals surface area contributed by atoms with Gasteiger partial charge < -0.3 is 11.1 Å². The molecule has 74 valence electrons. The number of nitrogens with two attached hydrogens (primary N) is 1. The van der Waals surface area contributed by atoms with Crippen molar-refractivity contribution in [1.29, 1.82) is 0 Å². The van der Waals surface area contributed by atoms with E-state index in [0.29, 0.717) is 6.42 Å². The predicted octanol–water partition coefficient (Wildman–Crippen LogP) is 0.0225. The maximum atomic E-state index is 10.9. The first-order chi connectivity index (χ1) is 5.85. The van der Waals surface area contributed by atoms with Crippen LogP contribution in [0.15, 0.2) is 0 Å². The van der Waals surface area contributed by atoms with Gasteiger partial charge in [0.1, 0.15) is 0 Å². The van der Waals surface area contributed by atoms with Gasteiger partial charge in [0.2, 0.25) is 11.8 Å². The fourth-order valence-corrected chi connectivity index (χ4v) is 1.90. The standard InChI is InChI=1S/C9H16N2O2/c1-5(12)11-7-4-6(8(10)13)9(7,2)3/h6-7H,4H2,1-3H3,(H2,10,13)(H,11,12). The highest BCUT2D eigenvalue weighted by Crippen LogP contribution is 2.45. The van der Waals surface area contributed by atoms with E-state index in [1.54, 1.807) is 0 Å². The van der Waals surface area contributed by atoms with Crippen molar-refractivity contribution in [3.63, 3.8) is 0 Å². The molecule has 2 amide bonds. The summed E-state index contributed by atoms with van der Waals surface area (Å²) in [7, 11) is 0. The average Bonchev–Trinajstić information content (AvgIpc) is 1.96. The summed E-state index contributed by atoms with van der Waals surface area (Å²) in [5.41, 5.74) is 5.02. The molecule has 4 heteroatoms. The van der Waals surface area contributed by atoms with Crippen molar-refractivity contribution in [2.24, 2.45) is 17.1 Å². The molecule has 2 atom stereocenters. The maximum Gasteiger partial charge on any atom is 0.221 e. The first-order valence-electron chi connectivity index (χ1n) is 4.42. The van der Waals surface area contributed by atoms with Crippen LogP contribution in [0.5, 0.6) is 0 Å². The normalized spacial score (nSPS) is 30.4. The minimum Gasteiger partial charge on any atom is -0.369 e. The van der Waals surface area contributed by atoms with Gasteiger partial charge in [-0.3, -0.25) is 9.59 Å². The van der Waals surface area contributed by atoms with Crippen LogP contribution in [0.25, 0.3) is 0 Å². The zero-order chi connectivity index (χ0) is 10.2. The fourth-order valence-electron chi connectivity index (χ4n) is 1.90. The van der Waals surface area contributed by atoms with Crippen LogP contribution in [0.1, 0.15) is 27.2 Å². The fraction of sp³-hybridized carbons (Fsp3) is 0.778. The zero-order valence-corrected chi connectivity index (χ0v) is 8.26. The molecule has 0 radical (unpaired) electrons. The van der Waals surface area contributed by atoms with Crippen LogP contribution in [0, 0.1) is 11.3 Å². The Morgan fingerprint density at radius 1 is 1.46 bits per heavy atom. The number of nitrogens with one attached hydrogen (secondary N) is 1. The van der Waals surface area contributed by atoms with Crippen molar-refractivity contribution in [1.82, 2.24) is 5.32 Å². The molecule has 0 saturated heterocycles. The second kappa shape index (κ2) is 3.01. The number of rotatable bonds is 2. The van der Waals surface area contributed by atoms with Crippen LogP contribution in [0.2, 0.25) is 0 Å². The van der Waals surface area contributed by atoms with Crippen molar-refractivity contribution in [2.75, 3.05) is 0 Å². The third kappa shape index (κ3) is 1.66. The van der Waals surface area contributed by atoms with Crippen LogP contribution in [-0.4, -0.2) is 17.9 Å². The number of carbonyl (C=O) groups is 2. The lowest BCUT2D eigenvalue weighted by Gasteiger charge is -2.50. The highest BCUT2D eigenvalue weighted by molar-refractivity contribution is 5.80. The lowest BCUT2D eigenvalue weighted by molar-refractivity contribution is -0.137. The van der Waals surface area contributed by atoms with Gasteiger partial charge in [-0.25, -0.2) is 0 Å². The van der Waals surface area contributed by atoms with Gasteiger partial charge in [-0.15, -0.1) is 0 Å². The topological polar surface area (TPSA) is 72.2 Å². The van der Waals surface area contributed by atoms with Crippen LogP contribution >= 0.6 is 0 Å². The van der Waals surface area contributed by atoms with Crippen molar-refractivity contribution in [3.05, 3.63) is 0 Å². The number of hydrogen-bond donors (Lipinski definition) is 2. The van der Waals surface area contributed by atoms with E-state index in [4.69, 9.17) is 5.73 Å². The maximum absolute atomic E-state index is 10.9. The molecule has 0 heterocycles. The summed E-state index contributed by atoms with van der Waals surface area (Å²) >= 11 is 0. The van der Waals surface area contributed by atoms with Crippen LogP contribution in [0.4, 0.5) is 0 Å². The molecule has 4 nitrogen and oxygen atoms in total. The van der Waals surface area contributed by atoms with Gasteiger partial charge in [0.15, 0.2) is 0 Å². The Labute approximate surface area is 77.9 Å². The summed E-state index contributed by atoms with van der Waals surface area (Å²) in [6.45, 7) is 5.38. The van der Waals surface area contributed by atoms with Gasteiger partial charge in [-0.2, -0.15) is 0 Å². The minimum atomic E-state index is -0.272. The zero-order valence-electron chi connectivity index (χ0n) is 8.26. The molecule has 1 rings (SSSR count). The summed E-state index contributed by atoms with van der Waals surface area (Å²) in [5.74, 6) is -0.433. The lowest BCUT2D eigenvalue weighted by atomic mass is 9.58. The molecule has 1 aliphatic carbocycles. The molecule has 0 bridgehead atoms. The second-order valence-corrected chi connectivity index (χ2v) is 4.27. The summed E-state index contributed by atoms with van der Waals surface area (Å²) in [4.78, 5) is 21.7. The average molecular weight is 184 g/mol. The molecule has 0 aromatic carbocycles. The van der Waals surface area contributed by atoms with Crippen molar-refractivity contribution >= 4 is 11.8 Å². The number of amides is 2. The second-order valence-electron chi connectivity index (χ2n) is 4.27. The van der Waals surface area contributed by atoms with E-state index < -0.39 is 0 Å². The van der Waals surface area contributed by atoms with E-state index in [9.17, 15) is 9.59 Å². The molecule has 0 aromatic heterocycles. The molecule has 2 unspecified atom stereocenters. The van der Waals surface area contributed by atoms with Gasteiger partial charge in [0.25, 0.3) is 0 Å². The van der Waals surface area contributed by atoms with E-state index in [2.05, 4.69) is 5.32 Å². The third-order valence-electron chi connectivity index (χ3n) is 2.99. The van der Waals surface area contributed by atoms with Crippen molar-refractivity contribution in [2.45, 2.75) is 33.2 Å². The van der Waals surface area contributed by atoms with Gasteiger partial charge in [-0.1, -0.05) is 13.8 Å². The van der Waals surface area contributed by atoms with E-state index in [0.717, 1.165) is 0 Å². The van der Waals surface area contributed by atoms with Gasteiger partial charge >= 0.3 is 0 Å². The molecule has 1 aliphatic rings. The highest BCUT2D eigenvalue weighted by Gasteiger charge is 2.51. The van der Waals surface area contributed by atoms with Crippen molar-refractivity contribution in [3.8, 4) is 0 Å². The predicted molar refractivity (Wildman–Crippen MR) is 48.7 cm³/mol. The van der Waals surface area contributed by atoms with E-state index in [1.807, 2.05) is 13.8 Å². The summed E-state index contributed by atoms with van der Waals surface area (Å²) in [6.07, 6.45) is 0.669. The van der Waals surface area contributed by atoms with Crippen LogP contribution in [0.3, 0.4) is 0 Å². The van der Waals surface area contributed by atoms with E-state index in [1.165, 1.54) is 6.92 Å². The molecule has 1 fully saturated rings. The number of carbonyl (C=O) groups excluding carboxylic acids is 2. The Hall–Kier alpha value is -1.06. The van der Waals surface area contributed by atoms with Crippen LogP contribution in [-0.2, 0) is 9.59 Å². The summed E-state index contributed by atoms with van der Waals surface area (Å²) < 4.78 is 0. The Balaban J connectivity index is 2.59. The molecule has 13 heavy (non-hydrogen) atoms. The van der Waals surface area contributed by atoms with Crippen LogP contribution < -0.4 is 11.1 Å². The Morgan fingerprint density at radius 2 is 2.00 bits per heavy atom. The molecule has 1 saturated carbocycles. The molecule has 0 aliphatic heterocycles. The molecule has 0 aromatic rings. The van der Waals surface area contributed by atoms with E-state index in [-0.39, 0.29) is 29.2 Å². The molecular weight excluding hydrogens is 168 g/mol. The minimum absolute atomic E-state index is 0.0546.